The van der Waals surface area contributed by atoms with Crippen LogP contribution < -0.4 is 4.74 Å². The third-order valence-corrected chi connectivity index (χ3v) is 3.61. The van der Waals surface area contributed by atoms with Gasteiger partial charge in [0.1, 0.15) is 0 Å². The Bertz CT molecular complexity index is 546. The monoisotopic (exact) mass is 279 g/mol. The Kier molecular flexibility index (Phi) is 4.34. The molecule has 102 valence electrons. The Hall–Kier alpha value is -1.66. The predicted molar refractivity (Wildman–Crippen MR) is 75.1 cm³/mol. The van der Waals surface area contributed by atoms with Crippen LogP contribution in [0.1, 0.15) is 15.4 Å². The van der Waals surface area contributed by atoms with Crippen LogP contribution in [0.5, 0.6) is 5.75 Å². The highest BCUT2D eigenvalue weighted by Crippen LogP contribution is 2.23. The van der Waals surface area contributed by atoms with Crippen LogP contribution in [-0.2, 0) is 6.54 Å². The predicted octanol–water partition coefficient (Wildman–Crippen LogP) is 1.75. The van der Waals surface area contributed by atoms with E-state index >= 15 is 0 Å². The fraction of sp³-hybridized carbons (Fsp3) is 0.385. The van der Waals surface area contributed by atoms with Crippen LogP contribution >= 0.6 is 11.3 Å². The van der Waals surface area contributed by atoms with Crippen molar-refractivity contribution in [3.05, 3.63) is 34.3 Å². The van der Waals surface area contributed by atoms with Crippen molar-refractivity contribution in [2.45, 2.75) is 6.54 Å². The van der Waals surface area contributed by atoms with Gasteiger partial charge in [-0.2, -0.15) is 5.10 Å². The molecule has 0 N–H and O–H groups in total. The molecule has 0 aliphatic heterocycles. The molecule has 2 rings (SSSR count). The van der Waals surface area contributed by atoms with Crippen LogP contribution in [0, 0.1) is 0 Å². The van der Waals surface area contributed by atoms with Crippen molar-refractivity contribution in [2.24, 2.45) is 0 Å². The highest BCUT2D eigenvalue weighted by molar-refractivity contribution is 7.12. The van der Waals surface area contributed by atoms with Crippen molar-refractivity contribution in [3.63, 3.8) is 0 Å². The number of carbonyl (C=O) groups is 1. The normalized spacial score (nSPS) is 10.9. The van der Waals surface area contributed by atoms with Gasteiger partial charge in [-0.1, -0.05) is 6.07 Å². The second-order valence-electron chi connectivity index (χ2n) is 4.39. The molecule has 0 unspecified atom stereocenters. The molecule has 2 heterocycles. The van der Waals surface area contributed by atoms with Crippen LogP contribution in [0.4, 0.5) is 0 Å². The third kappa shape index (κ3) is 3.02. The van der Waals surface area contributed by atoms with E-state index in [-0.39, 0.29) is 5.78 Å². The molecule has 0 aliphatic carbocycles. The molecule has 0 radical (unpaired) electrons. The third-order valence-electron chi connectivity index (χ3n) is 2.74. The zero-order chi connectivity index (χ0) is 13.8. The number of ether oxygens (including phenoxy) is 1. The van der Waals surface area contributed by atoms with Crippen molar-refractivity contribution in [3.8, 4) is 5.75 Å². The second-order valence-corrected chi connectivity index (χ2v) is 5.34. The standard InChI is InChI=1S/C13H17N3O2S/c1-15(2)6-7-16-12(10(18-3)9-14-16)13(17)11-5-4-8-19-11/h4-5,8-9H,6-7H2,1-3H3. The summed E-state index contributed by atoms with van der Waals surface area (Å²) in [6.45, 7) is 1.47. The zero-order valence-electron chi connectivity index (χ0n) is 11.3. The lowest BCUT2D eigenvalue weighted by molar-refractivity contribution is 0.102. The maximum absolute atomic E-state index is 12.5. The topological polar surface area (TPSA) is 47.4 Å². The molecule has 0 aromatic carbocycles. The molecule has 0 saturated heterocycles. The first-order chi connectivity index (χ1) is 9.13. The first-order valence-corrected chi connectivity index (χ1v) is 6.84. The van der Waals surface area contributed by atoms with Gasteiger partial charge in [0.25, 0.3) is 0 Å². The van der Waals surface area contributed by atoms with E-state index in [9.17, 15) is 4.79 Å². The van der Waals surface area contributed by atoms with Crippen LogP contribution in [0.2, 0.25) is 0 Å². The Morgan fingerprint density at radius 3 is 2.89 bits per heavy atom. The first-order valence-electron chi connectivity index (χ1n) is 5.96. The van der Waals surface area contributed by atoms with Gasteiger partial charge in [-0.25, -0.2) is 0 Å². The van der Waals surface area contributed by atoms with Crippen LogP contribution in [0.15, 0.2) is 23.7 Å². The van der Waals surface area contributed by atoms with E-state index in [0.29, 0.717) is 22.9 Å². The number of hydrogen-bond acceptors (Lipinski definition) is 5. The number of aromatic nitrogens is 2. The number of thiophene rings is 1. The summed E-state index contributed by atoms with van der Waals surface area (Å²) < 4.78 is 6.95. The number of nitrogens with zero attached hydrogens (tertiary/aromatic N) is 3. The SMILES string of the molecule is COc1cnn(CCN(C)C)c1C(=O)c1cccs1. The average molecular weight is 279 g/mol. The number of methoxy groups -OCH3 is 1. The minimum Gasteiger partial charge on any atom is -0.493 e. The first kappa shape index (κ1) is 13.8. The Balaban J connectivity index is 2.31. The summed E-state index contributed by atoms with van der Waals surface area (Å²) in [5.74, 6) is 0.486. The van der Waals surface area contributed by atoms with Gasteiger partial charge in [-0.15, -0.1) is 11.3 Å². The zero-order valence-corrected chi connectivity index (χ0v) is 12.1. The van der Waals surface area contributed by atoms with Gasteiger partial charge in [0.15, 0.2) is 11.4 Å². The molecule has 5 nitrogen and oxygen atoms in total. The Labute approximate surface area is 116 Å². The summed E-state index contributed by atoms with van der Waals surface area (Å²) in [5, 5.41) is 6.13. The lowest BCUT2D eigenvalue weighted by Gasteiger charge is -2.11. The fourth-order valence-electron chi connectivity index (χ4n) is 1.74. The van der Waals surface area contributed by atoms with E-state index in [1.807, 2.05) is 36.5 Å². The highest BCUT2D eigenvalue weighted by atomic mass is 32.1. The van der Waals surface area contributed by atoms with Crippen molar-refractivity contribution in [2.75, 3.05) is 27.7 Å². The summed E-state index contributed by atoms with van der Waals surface area (Å²) in [4.78, 5) is 15.2. The van der Waals surface area contributed by atoms with Gasteiger partial charge in [-0.3, -0.25) is 9.48 Å². The lowest BCUT2D eigenvalue weighted by atomic mass is 10.2. The largest absolute Gasteiger partial charge is 0.493 e. The molecule has 19 heavy (non-hydrogen) atoms. The Morgan fingerprint density at radius 2 is 2.32 bits per heavy atom. The van der Waals surface area contributed by atoms with Gasteiger partial charge in [0, 0.05) is 6.54 Å². The van der Waals surface area contributed by atoms with Crippen molar-refractivity contribution < 1.29 is 9.53 Å². The number of ketones is 1. The molecule has 0 aliphatic rings. The van der Waals surface area contributed by atoms with E-state index in [1.54, 1.807) is 18.0 Å². The molecule has 6 heteroatoms. The molecule has 2 aromatic heterocycles. The molecule has 0 bridgehead atoms. The van der Waals surface area contributed by atoms with E-state index in [2.05, 4.69) is 5.10 Å². The summed E-state index contributed by atoms with van der Waals surface area (Å²) in [6, 6.07) is 3.68. The minimum atomic E-state index is -0.0388. The number of hydrogen-bond donors (Lipinski definition) is 0. The second kappa shape index (κ2) is 5.99. The highest BCUT2D eigenvalue weighted by Gasteiger charge is 2.21. The van der Waals surface area contributed by atoms with Crippen molar-refractivity contribution in [1.82, 2.24) is 14.7 Å². The van der Waals surface area contributed by atoms with Gasteiger partial charge in [0.05, 0.1) is 24.7 Å². The molecule has 0 spiro atoms. The van der Waals surface area contributed by atoms with Crippen molar-refractivity contribution >= 4 is 17.1 Å². The van der Waals surface area contributed by atoms with E-state index < -0.39 is 0 Å². The van der Waals surface area contributed by atoms with Crippen LogP contribution in [0.3, 0.4) is 0 Å². The van der Waals surface area contributed by atoms with E-state index in [4.69, 9.17) is 4.74 Å². The number of carbonyl (C=O) groups excluding carboxylic acids is 1. The molecule has 0 atom stereocenters. The number of likely N-dealkylation sites (N-methyl/N-ethyl adjacent to an activating group) is 1. The van der Waals surface area contributed by atoms with E-state index in [1.165, 1.54) is 11.3 Å². The summed E-state index contributed by atoms with van der Waals surface area (Å²) >= 11 is 1.42. The van der Waals surface area contributed by atoms with Gasteiger partial charge >= 0.3 is 0 Å². The summed E-state index contributed by atoms with van der Waals surface area (Å²) in [6.07, 6.45) is 1.59. The number of rotatable bonds is 6. The lowest BCUT2D eigenvalue weighted by Crippen LogP contribution is -2.21. The molecular weight excluding hydrogens is 262 g/mol. The maximum Gasteiger partial charge on any atom is 0.224 e. The molecule has 0 amide bonds. The van der Waals surface area contributed by atoms with Crippen molar-refractivity contribution in [1.29, 1.82) is 0 Å². The molecule has 0 saturated carbocycles. The van der Waals surface area contributed by atoms with Gasteiger partial charge < -0.3 is 9.64 Å². The molecular formula is C13H17N3O2S. The smallest absolute Gasteiger partial charge is 0.224 e. The summed E-state index contributed by atoms with van der Waals surface area (Å²) in [5.41, 5.74) is 0.520. The Morgan fingerprint density at radius 1 is 1.53 bits per heavy atom. The van der Waals surface area contributed by atoms with E-state index in [0.717, 1.165) is 6.54 Å². The fourth-order valence-corrected chi connectivity index (χ4v) is 2.40. The quantitative estimate of drug-likeness (QED) is 0.756. The summed E-state index contributed by atoms with van der Waals surface area (Å²) in [7, 11) is 5.53. The molecule has 0 fully saturated rings. The van der Waals surface area contributed by atoms with Gasteiger partial charge in [-0.05, 0) is 25.5 Å². The van der Waals surface area contributed by atoms with Crippen LogP contribution in [0.25, 0.3) is 0 Å². The van der Waals surface area contributed by atoms with Crippen LogP contribution in [-0.4, -0.2) is 48.2 Å². The minimum absolute atomic E-state index is 0.0388. The van der Waals surface area contributed by atoms with Gasteiger partial charge in [0.2, 0.25) is 5.78 Å². The molecule has 2 aromatic rings. The average Bonchev–Trinajstić information content (AvgIpc) is 3.04. The maximum atomic E-state index is 12.5.